The third-order valence-electron chi connectivity index (χ3n) is 5.11. The van der Waals surface area contributed by atoms with Gasteiger partial charge in [-0.25, -0.2) is 23.1 Å². The molecule has 8 nitrogen and oxygen atoms in total. The van der Waals surface area contributed by atoms with Crippen LogP contribution in [-0.2, 0) is 10.0 Å². The summed E-state index contributed by atoms with van der Waals surface area (Å²) in [5.41, 5.74) is 1.59. The maximum Gasteiger partial charge on any atom is 0.338 e. The second kappa shape index (κ2) is 9.43. The number of amides is 2. The van der Waals surface area contributed by atoms with Gasteiger partial charge in [-0.15, -0.1) is 12.3 Å². The number of anilines is 1. The highest BCUT2D eigenvalue weighted by Gasteiger charge is 2.37. The fourth-order valence-corrected chi connectivity index (χ4v) is 5.12. The van der Waals surface area contributed by atoms with E-state index in [1.54, 1.807) is 26.0 Å². The molecule has 0 radical (unpaired) electrons. The van der Waals surface area contributed by atoms with Gasteiger partial charge in [0.2, 0.25) is 10.0 Å². The van der Waals surface area contributed by atoms with E-state index in [9.17, 15) is 17.6 Å². The first-order valence-corrected chi connectivity index (χ1v) is 10.8. The Morgan fingerprint density at radius 3 is 2.38 bits per heavy atom. The average Bonchev–Trinajstić information content (AvgIpc) is 2.68. The minimum Gasteiger partial charge on any atom is -0.369 e. The van der Waals surface area contributed by atoms with E-state index in [1.165, 1.54) is 21.9 Å². The molecule has 1 fully saturated rings. The molecule has 0 saturated carbocycles. The first-order valence-electron chi connectivity index (χ1n) is 9.21. The number of terminal acetylenes is 1. The van der Waals surface area contributed by atoms with Gasteiger partial charge < -0.3 is 10.2 Å². The number of halogens is 1. The summed E-state index contributed by atoms with van der Waals surface area (Å²) in [6.07, 6.45) is 5.63. The van der Waals surface area contributed by atoms with Crippen LogP contribution >= 0.6 is 0 Å². The molecule has 0 aromatic heterocycles. The lowest BCUT2D eigenvalue weighted by molar-refractivity contribution is 0.151. The maximum atomic E-state index is 13.1. The molecule has 29 heavy (non-hydrogen) atoms. The zero-order chi connectivity index (χ0) is 21.7. The maximum absolute atomic E-state index is 13.1. The van der Waals surface area contributed by atoms with Crippen molar-refractivity contribution in [2.45, 2.75) is 26.3 Å². The van der Waals surface area contributed by atoms with Crippen LogP contribution in [0.3, 0.4) is 0 Å². The number of benzene rings is 1. The van der Waals surface area contributed by atoms with E-state index in [-0.39, 0.29) is 31.1 Å². The Morgan fingerprint density at radius 1 is 1.28 bits per heavy atom. The second-order valence-electron chi connectivity index (χ2n) is 7.65. The molecule has 1 heterocycles. The SMILES string of the molecule is C#CCC(C)(C)C(CS(=O)(=O)N1CCN(c2ccc(F)cc2)CC1)NC(=O)NO. The molecular formula is C19H27FN4O4S. The summed E-state index contributed by atoms with van der Waals surface area (Å²) in [6, 6.07) is 4.37. The predicted molar refractivity (Wildman–Crippen MR) is 108 cm³/mol. The largest absolute Gasteiger partial charge is 0.369 e. The van der Waals surface area contributed by atoms with E-state index in [2.05, 4.69) is 11.2 Å². The van der Waals surface area contributed by atoms with Crippen molar-refractivity contribution in [3.05, 3.63) is 30.1 Å². The van der Waals surface area contributed by atoms with E-state index in [1.807, 2.05) is 4.90 Å². The minimum atomic E-state index is -3.70. The molecule has 160 valence electrons. The molecular weight excluding hydrogens is 399 g/mol. The highest BCUT2D eigenvalue weighted by atomic mass is 32.2. The van der Waals surface area contributed by atoms with Crippen molar-refractivity contribution in [1.29, 1.82) is 0 Å². The lowest BCUT2D eigenvalue weighted by Gasteiger charge is -2.38. The molecule has 1 saturated heterocycles. The molecule has 1 aromatic carbocycles. The Hall–Kier alpha value is -2.35. The van der Waals surface area contributed by atoms with Crippen LogP contribution in [0.2, 0.25) is 0 Å². The average molecular weight is 427 g/mol. The van der Waals surface area contributed by atoms with E-state index in [4.69, 9.17) is 11.6 Å². The topological polar surface area (TPSA) is 102 Å². The van der Waals surface area contributed by atoms with Gasteiger partial charge in [0.15, 0.2) is 0 Å². The Labute approximate surface area is 171 Å². The highest BCUT2D eigenvalue weighted by Crippen LogP contribution is 2.27. The molecule has 1 unspecified atom stereocenters. The van der Waals surface area contributed by atoms with Gasteiger partial charge in [0.05, 0.1) is 11.8 Å². The number of hydrogen-bond acceptors (Lipinski definition) is 5. The highest BCUT2D eigenvalue weighted by molar-refractivity contribution is 7.89. The number of rotatable bonds is 7. The predicted octanol–water partition coefficient (Wildman–Crippen LogP) is 1.38. The molecule has 2 amide bonds. The lowest BCUT2D eigenvalue weighted by atomic mass is 9.82. The fourth-order valence-electron chi connectivity index (χ4n) is 3.23. The van der Waals surface area contributed by atoms with Crippen LogP contribution in [0.1, 0.15) is 20.3 Å². The standard InChI is InChI=1S/C19H27FN4O4S/c1-4-9-19(2,3)17(21-18(25)22-26)14-29(27,28)24-12-10-23(11-13-24)16-7-5-15(20)6-8-16/h1,5-8,17,26H,9-14H2,2-3H3,(H2,21,22,25). The summed E-state index contributed by atoms with van der Waals surface area (Å²) < 4.78 is 40.4. The van der Waals surface area contributed by atoms with Gasteiger partial charge >= 0.3 is 6.03 Å². The minimum absolute atomic E-state index is 0.247. The van der Waals surface area contributed by atoms with Crippen molar-refractivity contribution in [3.63, 3.8) is 0 Å². The van der Waals surface area contributed by atoms with Crippen molar-refractivity contribution in [3.8, 4) is 12.3 Å². The third kappa shape index (κ3) is 6.06. The van der Waals surface area contributed by atoms with Crippen LogP contribution in [-0.4, -0.2) is 61.9 Å². The smallest absolute Gasteiger partial charge is 0.338 e. The zero-order valence-corrected chi connectivity index (χ0v) is 17.4. The Bertz CT molecular complexity index is 844. The molecule has 1 aliphatic rings. The summed E-state index contributed by atoms with van der Waals surface area (Å²) in [4.78, 5) is 13.6. The number of carbonyl (C=O) groups excluding carboxylic acids is 1. The van der Waals surface area contributed by atoms with Crippen LogP contribution in [0.25, 0.3) is 0 Å². The van der Waals surface area contributed by atoms with Gasteiger partial charge in [-0.05, 0) is 29.7 Å². The molecule has 0 bridgehead atoms. The molecule has 2 rings (SSSR count). The molecule has 1 aromatic rings. The van der Waals surface area contributed by atoms with Crippen LogP contribution < -0.4 is 15.7 Å². The number of hydrogen-bond donors (Lipinski definition) is 3. The van der Waals surface area contributed by atoms with Crippen LogP contribution in [0.5, 0.6) is 0 Å². The summed E-state index contributed by atoms with van der Waals surface area (Å²) in [6.45, 7) is 5.00. The van der Waals surface area contributed by atoms with Crippen LogP contribution in [0, 0.1) is 23.6 Å². The van der Waals surface area contributed by atoms with Crippen LogP contribution in [0.15, 0.2) is 24.3 Å². The van der Waals surface area contributed by atoms with Gasteiger partial charge in [-0.3, -0.25) is 5.21 Å². The van der Waals surface area contributed by atoms with Gasteiger partial charge in [0.25, 0.3) is 0 Å². The summed E-state index contributed by atoms with van der Waals surface area (Å²) >= 11 is 0. The van der Waals surface area contributed by atoms with Crippen molar-refractivity contribution in [2.75, 3.05) is 36.8 Å². The Morgan fingerprint density at radius 2 is 1.86 bits per heavy atom. The van der Waals surface area contributed by atoms with Gasteiger partial charge in [-0.1, -0.05) is 13.8 Å². The number of hydroxylamine groups is 1. The van der Waals surface area contributed by atoms with E-state index in [0.29, 0.717) is 13.1 Å². The molecule has 1 atom stereocenters. The van der Waals surface area contributed by atoms with Gasteiger partial charge in [0, 0.05) is 38.3 Å². The fraction of sp³-hybridized carbons (Fsp3) is 0.526. The van der Waals surface area contributed by atoms with Crippen molar-refractivity contribution >= 4 is 21.7 Å². The quantitative estimate of drug-likeness (QED) is 0.347. The molecule has 0 spiro atoms. The number of urea groups is 1. The number of nitrogens with one attached hydrogen (secondary N) is 2. The molecule has 1 aliphatic heterocycles. The van der Waals surface area contributed by atoms with Gasteiger partial charge in [0.1, 0.15) is 5.82 Å². The van der Waals surface area contributed by atoms with Crippen molar-refractivity contribution < 1.29 is 22.8 Å². The van der Waals surface area contributed by atoms with E-state index in [0.717, 1.165) is 5.69 Å². The third-order valence-corrected chi connectivity index (χ3v) is 7.02. The van der Waals surface area contributed by atoms with Crippen molar-refractivity contribution in [2.24, 2.45) is 5.41 Å². The van der Waals surface area contributed by atoms with E-state index >= 15 is 0 Å². The monoisotopic (exact) mass is 426 g/mol. The Kier molecular flexibility index (Phi) is 7.46. The van der Waals surface area contributed by atoms with Gasteiger partial charge in [-0.2, -0.15) is 4.31 Å². The Balaban J connectivity index is 2.07. The van der Waals surface area contributed by atoms with Crippen molar-refractivity contribution in [1.82, 2.24) is 15.1 Å². The second-order valence-corrected chi connectivity index (χ2v) is 9.66. The zero-order valence-electron chi connectivity index (χ0n) is 16.6. The van der Waals surface area contributed by atoms with E-state index < -0.39 is 27.5 Å². The van der Waals surface area contributed by atoms with Crippen LogP contribution in [0.4, 0.5) is 14.9 Å². The summed E-state index contributed by atoms with van der Waals surface area (Å²) in [5, 5.41) is 11.3. The molecule has 10 heteroatoms. The number of piperazine rings is 1. The number of nitrogens with zero attached hydrogens (tertiary/aromatic N) is 2. The summed E-state index contributed by atoms with van der Waals surface area (Å²) in [5.74, 6) is 1.83. The normalized spacial score (nSPS) is 16.7. The first kappa shape index (κ1) is 22.9. The lowest BCUT2D eigenvalue weighted by Crippen LogP contribution is -2.55. The summed E-state index contributed by atoms with van der Waals surface area (Å²) in [7, 11) is -3.70. The molecule has 3 N–H and O–H groups in total. The first-order chi connectivity index (χ1) is 13.6. The molecule has 0 aliphatic carbocycles. The number of carbonyl (C=O) groups is 1. The number of sulfonamides is 1.